The summed E-state index contributed by atoms with van der Waals surface area (Å²) >= 11 is 0. The summed E-state index contributed by atoms with van der Waals surface area (Å²) in [6.45, 7) is 0. The predicted molar refractivity (Wildman–Crippen MR) is 91.6 cm³/mol. The van der Waals surface area contributed by atoms with Crippen LogP contribution in [0.5, 0.6) is 0 Å². The average Bonchev–Trinajstić information content (AvgIpc) is 2.61. The number of hydrogen-bond donors (Lipinski definition) is 1. The first-order valence-electron chi connectivity index (χ1n) is 7.35. The zero-order valence-electron chi connectivity index (χ0n) is 12.2. The minimum absolute atomic E-state index is 0.222. The van der Waals surface area contributed by atoms with Crippen LogP contribution in [0, 0.1) is 0 Å². The molecule has 3 nitrogen and oxygen atoms in total. The van der Waals surface area contributed by atoms with Crippen LogP contribution in [0.4, 0.5) is 0 Å². The highest BCUT2D eigenvalue weighted by Gasteiger charge is 2.17. The average molecular weight is 299 g/mol. The second kappa shape index (κ2) is 5.21. The summed E-state index contributed by atoms with van der Waals surface area (Å²) in [5, 5.41) is 12.6. The fourth-order valence-corrected chi connectivity index (χ4v) is 3.03. The van der Waals surface area contributed by atoms with E-state index in [2.05, 4.69) is 4.98 Å². The van der Waals surface area contributed by atoms with E-state index in [1.807, 2.05) is 66.7 Å². The predicted octanol–water partition coefficient (Wildman–Crippen LogP) is 4.75. The van der Waals surface area contributed by atoms with Gasteiger partial charge in [0.05, 0.1) is 11.1 Å². The molecule has 1 N–H and O–H groups in total. The number of hydrogen-bond acceptors (Lipinski definition) is 2. The summed E-state index contributed by atoms with van der Waals surface area (Å²) in [7, 11) is 0. The number of aromatic carboxylic acids is 1. The number of carbonyl (C=O) groups is 1. The van der Waals surface area contributed by atoms with Crippen LogP contribution in [0.15, 0.2) is 72.9 Å². The highest BCUT2D eigenvalue weighted by molar-refractivity contribution is 6.17. The molecule has 0 spiro atoms. The second-order valence-electron chi connectivity index (χ2n) is 5.40. The van der Waals surface area contributed by atoms with Crippen LogP contribution >= 0.6 is 0 Å². The minimum Gasteiger partial charge on any atom is -0.478 e. The van der Waals surface area contributed by atoms with Gasteiger partial charge < -0.3 is 5.11 Å². The van der Waals surface area contributed by atoms with Gasteiger partial charge in [-0.2, -0.15) is 0 Å². The van der Waals surface area contributed by atoms with Crippen molar-refractivity contribution in [1.82, 2.24) is 4.98 Å². The molecule has 0 saturated heterocycles. The SMILES string of the molecule is O=C(O)c1cnc2ccc3ccccc3c2c1-c1ccccc1. The number of fused-ring (bicyclic) bond motifs is 3. The first-order valence-corrected chi connectivity index (χ1v) is 7.35. The Morgan fingerprint density at radius 3 is 2.39 bits per heavy atom. The van der Waals surface area contributed by atoms with Crippen molar-refractivity contribution in [3.8, 4) is 11.1 Å². The van der Waals surface area contributed by atoms with E-state index in [9.17, 15) is 9.90 Å². The van der Waals surface area contributed by atoms with Crippen LogP contribution in [-0.2, 0) is 0 Å². The zero-order valence-corrected chi connectivity index (χ0v) is 12.2. The molecule has 4 aromatic rings. The van der Waals surface area contributed by atoms with Crippen molar-refractivity contribution in [2.75, 3.05) is 0 Å². The van der Waals surface area contributed by atoms with Crippen molar-refractivity contribution in [1.29, 1.82) is 0 Å². The highest BCUT2D eigenvalue weighted by atomic mass is 16.4. The van der Waals surface area contributed by atoms with Gasteiger partial charge >= 0.3 is 5.97 Å². The molecule has 4 rings (SSSR count). The molecular weight excluding hydrogens is 286 g/mol. The summed E-state index contributed by atoms with van der Waals surface area (Å²) < 4.78 is 0. The van der Waals surface area contributed by atoms with Gasteiger partial charge in [-0.05, 0) is 22.4 Å². The monoisotopic (exact) mass is 299 g/mol. The summed E-state index contributed by atoms with van der Waals surface area (Å²) in [5.74, 6) is -0.966. The number of benzene rings is 3. The molecule has 0 radical (unpaired) electrons. The van der Waals surface area contributed by atoms with Crippen molar-refractivity contribution in [3.63, 3.8) is 0 Å². The van der Waals surface area contributed by atoms with Gasteiger partial charge in [-0.1, -0.05) is 60.7 Å². The van der Waals surface area contributed by atoms with Gasteiger partial charge in [-0.3, -0.25) is 4.98 Å². The van der Waals surface area contributed by atoms with Gasteiger partial charge in [0.15, 0.2) is 0 Å². The summed E-state index contributed by atoms with van der Waals surface area (Å²) in [5.41, 5.74) is 2.63. The molecule has 0 unspecified atom stereocenters. The van der Waals surface area contributed by atoms with Crippen molar-refractivity contribution in [2.45, 2.75) is 0 Å². The molecule has 0 aliphatic carbocycles. The van der Waals surface area contributed by atoms with E-state index in [1.54, 1.807) is 0 Å². The van der Waals surface area contributed by atoms with Crippen LogP contribution in [-0.4, -0.2) is 16.1 Å². The number of nitrogens with zero attached hydrogens (tertiary/aromatic N) is 1. The summed E-state index contributed by atoms with van der Waals surface area (Å²) in [6, 6.07) is 21.5. The van der Waals surface area contributed by atoms with Gasteiger partial charge in [0.25, 0.3) is 0 Å². The zero-order chi connectivity index (χ0) is 15.8. The van der Waals surface area contributed by atoms with Crippen LogP contribution in [0.25, 0.3) is 32.8 Å². The van der Waals surface area contributed by atoms with Crippen LogP contribution < -0.4 is 0 Å². The largest absolute Gasteiger partial charge is 0.478 e. The molecule has 110 valence electrons. The van der Waals surface area contributed by atoms with Crippen LogP contribution in [0.1, 0.15) is 10.4 Å². The molecule has 0 atom stereocenters. The summed E-state index contributed by atoms with van der Waals surface area (Å²) in [4.78, 5) is 16.1. The Hall–Kier alpha value is -3.20. The topological polar surface area (TPSA) is 50.2 Å². The van der Waals surface area contributed by atoms with E-state index < -0.39 is 5.97 Å². The Bertz CT molecular complexity index is 1040. The third-order valence-electron chi connectivity index (χ3n) is 4.05. The van der Waals surface area contributed by atoms with Crippen molar-refractivity contribution >= 4 is 27.6 Å². The van der Waals surface area contributed by atoms with E-state index in [-0.39, 0.29) is 5.56 Å². The lowest BCUT2D eigenvalue weighted by Crippen LogP contribution is -2.02. The molecular formula is C20H13NO2. The van der Waals surface area contributed by atoms with E-state index in [1.165, 1.54) is 6.20 Å². The first kappa shape index (κ1) is 13.5. The lowest BCUT2D eigenvalue weighted by atomic mass is 9.93. The van der Waals surface area contributed by atoms with Gasteiger partial charge in [-0.25, -0.2) is 4.79 Å². The molecule has 1 aromatic heterocycles. The van der Waals surface area contributed by atoms with E-state index in [0.717, 1.165) is 32.8 Å². The Kier molecular flexibility index (Phi) is 3.05. The lowest BCUT2D eigenvalue weighted by molar-refractivity contribution is 0.0697. The molecule has 3 aromatic carbocycles. The van der Waals surface area contributed by atoms with E-state index >= 15 is 0 Å². The van der Waals surface area contributed by atoms with Crippen molar-refractivity contribution in [3.05, 3.63) is 78.5 Å². The first-order chi connectivity index (χ1) is 11.3. The van der Waals surface area contributed by atoms with Gasteiger partial charge in [0.2, 0.25) is 0 Å². The normalized spacial score (nSPS) is 11.0. The molecule has 3 heteroatoms. The maximum Gasteiger partial charge on any atom is 0.337 e. The van der Waals surface area contributed by atoms with E-state index in [4.69, 9.17) is 0 Å². The van der Waals surface area contributed by atoms with Crippen LogP contribution in [0.3, 0.4) is 0 Å². The molecule has 1 heterocycles. The number of aromatic nitrogens is 1. The Labute approximate surface area is 132 Å². The Balaban J connectivity index is 2.25. The number of carboxylic acid groups (broad SMARTS) is 1. The van der Waals surface area contributed by atoms with Gasteiger partial charge in [-0.15, -0.1) is 0 Å². The maximum absolute atomic E-state index is 11.7. The fraction of sp³-hybridized carbons (Fsp3) is 0. The van der Waals surface area contributed by atoms with Gasteiger partial charge in [0, 0.05) is 17.1 Å². The molecule has 0 bridgehead atoms. The number of rotatable bonds is 2. The molecule has 0 aliphatic heterocycles. The quantitative estimate of drug-likeness (QED) is 0.543. The third kappa shape index (κ3) is 2.14. The third-order valence-corrected chi connectivity index (χ3v) is 4.05. The summed E-state index contributed by atoms with van der Waals surface area (Å²) in [6.07, 6.45) is 1.45. The fourth-order valence-electron chi connectivity index (χ4n) is 3.03. The second-order valence-corrected chi connectivity index (χ2v) is 5.40. The molecule has 23 heavy (non-hydrogen) atoms. The standard InChI is InChI=1S/C20H13NO2/c22-20(23)16-12-21-17-11-10-13-6-4-5-9-15(13)19(17)18(16)14-7-2-1-3-8-14/h1-12H,(H,22,23). The molecule has 0 saturated carbocycles. The molecule has 0 fully saturated rings. The Morgan fingerprint density at radius 2 is 1.61 bits per heavy atom. The van der Waals surface area contributed by atoms with Crippen molar-refractivity contribution in [2.24, 2.45) is 0 Å². The van der Waals surface area contributed by atoms with Crippen molar-refractivity contribution < 1.29 is 9.90 Å². The number of carboxylic acids is 1. The molecule has 0 amide bonds. The maximum atomic E-state index is 11.7. The number of pyridine rings is 1. The lowest BCUT2D eigenvalue weighted by Gasteiger charge is -2.12. The Morgan fingerprint density at radius 1 is 0.870 bits per heavy atom. The minimum atomic E-state index is -0.966. The smallest absolute Gasteiger partial charge is 0.337 e. The highest BCUT2D eigenvalue weighted by Crippen LogP contribution is 2.35. The van der Waals surface area contributed by atoms with Crippen LogP contribution in [0.2, 0.25) is 0 Å². The van der Waals surface area contributed by atoms with E-state index in [0.29, 0.717) is 0 Å². The molecule has 0 aliphatic rings. The van der Waals surface area contributed by atoms with Gasteiger partial charge in [0.1, 0.15) is 0 Å².